The topological polar surface area (TPSA) is 23.6 Å². The van der Waals surface area contributed by atoms with E-state index in [1.165, 1.54) is 42.0 Å². The number of amides is 1. The Labute approximate surface area is 137 Å². The second-order valence-electron chi connectivity index (χ2n) is 7.33. The van der Waals surface area contributed by atoms with Crippen LogP contribution in [0.3, 0.4) is 0 Å². The summed E-state index contributed by atoms with van der Waals surface area (Å²) in [7, 11) is 2.23. The lowest BCUT2D eigenvalue weighted by molar-refractivity contribution is -0.134. The van der Waals surface area contributed by atoms with Crippen LogP contribution in [0.5, 0.6) is 0 Å². The minimum atomic E-state index is 0.269. The van der Waals surface area contributed by atoms with Crippen molar-refractivity contribution in [1.82, 2.24) is 9.80 Å². The first-order valence-electron chi connectivity index (χ1n) is 8.72. The minimum absolute atomic E-state index is 0.269. The molecule has 0 radical (unpaired) electrons. The summed E-state index contributed by atoms with van der Waals surface area (Å²) in [6.45, 7) is 4.34. The molecule has 0 N–H and O–H groups in total. The molecule has 2 aliphatic heterocycles. The predicted octanol–water partition coefficient (Wildman–Crippen LogP) is 3.25. The fourth-order valence-corrected chi connectivity index (χ4v) is 5.59. The number of carbonyl (C=O) groups excluding carboxylic acids is 1. The highest BCUT2D eigenvalue weighted by atomic mass is 32.1. The zero-order valence-corrected chi connectivity index (χ0v) is 14.4. The number of likely N-dealkylation sites (N-methyl/N-ethyl adjacent to an activating group) is 1. The van der Waals surface area contributed by atoms with E-state index in [2.05, 4.69) is 35.9 Å². The molecule has 0 aromatic carbocycles. The fourth-order valence-electron chi connectivity index (χ4n) is 4.54. The van der Waals surface area contributed by atoms with Crippen LogP contribution in [0.1, 0.15) is 47.8 Å². The normalized spacial score (nSPS) is 35.3. The number of aryl methyl sites for hydroxylation is 1. The Hall–Kier alpha value is -0.870. The Balaban J connectivity index is 1.44. The average molecular weight is 318 g/mol. The van der Waals surface area contributed by atoms with Crippen molar-refractivity contribution in [3.63, 3.8) is 0 Å². The van der Waals surface area contributed by atoms with Gasteiger partial charge in [0.15, 0.2) is 0 Å². The number of rotatable bonds is 3. The Morgan fingerprint density at radius 1 is 1.18 bits per heavy atom. The van der Waals surface area contributed by atoms with Gasteiger partial charge in [0, 0.05) is 40.2 Å². The Kier molecular flexibility index (Phi) is 3.77. The molecule has 4 rings (SSSR count). The lowest BCUT2D eigenvalue weighted by Crippen LogP contribution is -2.47. The first kappa shape index (κ1) is 14.7. The minimum Gasteiger partial charge on any atom is -0.338 e. The van der Waals surface area contributed by atoms with Crippen molar-refractivity contribution in [2.24, 2.45) is 5.92 Å². The van der Waals surface area contributed by atoms with Crippen LogP contribution in [0.25, 0.3) is 0 Å². The van der Waals surface area contributed by atoms with E-state index in [0.717, 1.165) is 13.0 Å². The van der Waals surface area contributed by atoms with E-state index < -0.39 is 0 Å². The molecular weight excluding hydrogens is 292 g/mol. The van der Waals surface area contributed by atoms with Crippen LogP contribution < -0.4 is 0 Å². The second-order valence-corrected chi connectivity index (χ2v) is 8.65. The third-order valence-electron chi connectivity index (χ3n) is 5.84. The number of carbonyl (C=O) groups is 1. The maximum Gasteiger partial charge on any atom is 0.226 e. The summed E-state index contributed by atoms with van der Waals surface area (Å²) in [4.78, 5) is 20.5. The van der Waals surface area contributed by atoms with Gasteiger partial charge in [-0.2, -0.15) is 0 Å². The molecule has 4 heteroatoms. The van der Waals surface area contributed by atoms with Crippen LogP contribution in [-0.2, 0) is 4.79 Å². The van der Waals surface area contributed by atoms with Crippen molar-refractivity contribution < 1.29 is 4.79 Å². The molecule has 2 saturated heterocycles. The Bertz CT molecular complexity index is 569. The maximum atomic E-state index is 13.0. The van der Waals surface area contributed by atoms with E-state index >= 15 is 0 Å². The van der Waals surface area contributed by atoms with Crippen LogP contribution in [0.15, 0.2) is 12.1 Å². The summed E-state index contributed by atoms with van der Waals surface area (Å²) < 4.78 is 0. The van der Waals surface area contributed by atoms with Crippen molar-refractivity contribution in [1.29, 1.82) is 0 Å². The first-order valence-corrected chi connectivity index (χ1v) is 9.54. The van der Waals surface area contributed by atoms with Gasteiger partial charge in [0.1, 0.15) is 0 Å². The number of nitrogens with zero attached hydrogens (tertiary/aromatic N) is 2. The van der Waals surface area contributed by atoms with Gasteiger partial charge in [-0.15, -0.1) is 11.3 Å². The lowest BCUT2D eigenvalue weighted by atomic mass is 10.0. The Morgan fingerprint density at radius 3 is 2.64 bits per heavy atom. The summed E-state index contributed by atoms with van der Waals surface area (Å²) >= 11 is 1.87. The molecule has 0 unspecified atom stereocenters. The van der Waals surface area contributed by atoms with E-state index in [1.807, 2.05) is 11.3 Å². The van der Waals surface area contributed by atoms with Crippen molar-refractivity contribution in [2.75, 3.05) is 20.1 Å². The van der Waals surface area contributed by atoms with Gasteiger partial charge in [-0.25, -0.2) is 0 Å². The summed E-state index contributed by atoms with van der Waals surface area (Å²) in [5.74, 6) is 1.22. The van der Waals surface area contributed by atoms with Gasteiger partial charge in [0.25, 0.3) is 0 Å². The molecule has 3 heterocycles. The highest BCUT2D eigenvalue weighted by Crippen LogP contribution is 2.51. The zero-order valence-electron chi connectivity index (χ0n) is 13.6. The molecule has 1 aromatic rings. The third kappa shape index (κ3) is 2.50. The number of likely N-dealkylation sites (tertiary alicyclic amines) is 2. The third-order valence-corrected chi connectivity index (χ3v) is 6.97. The molecule has 22 heavy (non-hydrogen) atoms. The summed E-state index contributed by atoms with van der Waals surface area (Å²) in [5.41, 5.74) is 0. The van der Waals surface area contributed by atoms with Gasteiger partial charge in [0.05, 0.1) is 0 Å². The number of hydrogen-bond acceptors (Lipinski definition) is 3. The number of thiophene rings is 1. The first-order chi connectivity index (χ1) is 10.6. The quantitative estimate of drug-likeness (QED) is 0.854. The van der Waals surface area contributed by atoms with E-state index in [4.69, 9.17) is 0 Å². The lowest BCUT2D eigenvalue weighted by Gasteiger charge is -2.33. The fraction of sp³-hybridized carbons (Fsp3) is 0.722. The van der Waals surface area contributed by atoms with E-state index in [9.17, 15) is 4.79 Å². The Morgan fingerprint density at radius 2 is 1.95 bits per heavy atom. The standard InChI is InChI=1S/C18H26N2OS/c1-12-7-8-17(22-12)13-11-14(13)18(21)20-10-4-6-16(20)15-5-3-9-19(15)2/h7-8,13-16H,3-6,9-11H2,1-2H3/t13-,14+,15-,16+/m1/s1. The molecule has 1 amide bonds. The van der Waals surface area contributed by atoms with Gasteiger partial charge in [-0.1, -0.05) is 0 Å². The van der Waals surface area contributed by atoms with Crippen LogP contribution in [0.4, 0.5) is 0 Å². The van der Waals surface area contributed by atoms with Crippen molar-refractivity contribution >= 4 is 17.2 Å². The monoisotopic (exact) mass is 318 g/mol. The van der Waals surface area contributed by atoms with Gasteiger partial charge < -0.3 is 9.80 Å². The van der Waals surface area contributed by atoms with E-state index in [0.29, 0.717) is 23.9 Å². The maximum absolute atomic E-state index is 13.0. The van der Waals surface area contributed by atoms with E-state index in [-0.39, 0.29) is 5.92 Å². The average Bonchev–Trinajstić information content (AvgIpc) is 2.84. The van der Waals surface area contributed by atoms with Crippen LogP contribution in [-0.4, -0.2) is 47.9 Å². The molecule has 1 aliphatic carbocycles. The van der Waals surface area contributed by atoms with Gasteiger partial charge in [-0.05, 0) is 64.8 Å². The molecule has 3 nitrogen and oxygen atoms in total. The SMILES string of the molecule is Cc1ccc([C@@H]2C[C@@H]2C(=O)N2CCC[C@H]2[C@H]2CCCN2C)s1. The summed E-state index contributed by atoms with van der Waals surface area (Å²) in [5, 5.41) is 0. The largest absolute Gasteiger partial charge is 0.338 e. The van der Waals surface area contributed by atoms with Gasteiger partial charge in [0.2, 0.25) is 5.91 Å². The van der Waals surface area contributed by atoms with Crippen LogP contribution in [0.2, 0.25) is 0 Å². The molecule has 1 aromatic heterocycles. The van der Waals surface area contributed by atoms with Gasteiger partial charge in [-0.3, -0.25) is 4.79 Å². The van der Waals surface area contributed by atoms with Gasteiger partial charge >= 0.3 is 0 Å². The molecule has 3 aliphatic rings. The van der Waals surface area contributed by atoms with Crippen molar-refractivity contribution in [2.45, 2.75) is 57.0 Å². The molecule has 120 valence electrons. The molecule has 3 fully saturated rings. The molecule has 1 saturated carbocycles. The molecule has 0 spiro atoms. The van der Waals surface area contributed by atoms with Crippen molar-refractivity contribution in [3.8, 4) is 0 Å². The number of hydrogen-bond donors (Lipinski definition) is 0. The van der Waals surface area contributed by atoms with Crippen molar-refractivity contribution in [3.05, 3.63) is 21.9 Å². The highest BCUT2D eigenvalue weighted by molar-refractivity contribution is 7.12. The van der Waals surface area contributed by atoms with Crippen LogP contribution in [0, 0.1) is 12.8 Å². The summed E-state index contributed by atoms with van der Waals surface area (Å²) in [6, 6.07) is 5.50. The highest BCUT2D eigenvalue weighted by Gasteiger charge is 2.49. The smallest absolute Gasteiger partial charge is 0.226 e. The van der Waals surface area contributed by atoms with E-state index in [1.54, 1.807) is 0 Å². The molecule has 0 bridgehead atoms. The molecule has 4 atom stereocenters. The zero-order chi connectivity index (χ0) is 15.3. The second kappa shape index (κ2) is 5.64. The molecular formula is C18H26N2OS. The predicted molar refractivity (Wildman–Crippen MR) is 90.3 cm³/mol. The summed E-state index contributed by atoms with van der Waals surface area (Å²) in [6.07, 6.45) is 6.03. The van der Waals surface area contributed by atoms with Crippen LogP contribution >= 0.6 is 11.3 Å².